The van der Waals surface area contributed by atoms with Crippen LogP contribution in [0.2, 0.25) is 5.02 Å². The normalized spacial score (nSPS) is 20.7. The fourth-order valence-electron chi connectivity index (χ4n) is 4.26. The van der Waals surface area contributed by atoms with Gasteiger partial charge in [0.05, 0.1) is 24.5 Å². The van der Waals surface area contributed by atoms with Gasteiger partial charge in [0.2, 0.25) is 0 Å². The van der Waals surface area contributed by atoms with Crippen LogP contribution in [0.15, 0.2) is 29.2 Å². The Kier molecular flexibility index (Phi) is 7.20. The van der Waals surface area contributed by atoms with Crippen molar-refractivity contribution in [2.75, 3.05) is 38.2 Å². The Balaban J connectivity index is 1.34. The molecule has 9 heteroatoms. The summed E-state index contributed by atoms with van der Waals surface area (Å²) >= 11 is 6.35. The number of hydrogen-bond donors (Lipinski definition) is 1. The Morgan fingerprint density at radius 2 is 2.03 bits per heavy atom. The molecule has 0 radical (unpaired) electrons. The van der Waals surface area contributed by atoms with E-state index in [-0.39, 0.29) is 16.6 Å². The predicted molar refractivity (Wildman–Crippen MR) is 115 cm³/mol. The SMILES string of the molecule is O=c1c(Cl)c(NCC2CCCOC2)cnn1C1CCN(Cc2ccc(F)cc2F)CC1. The molecular formula is C22H27ClF2N4O2. The van der Waals surface area contributed by atoms with Gasteiger partial charge in [-0.1, -0.05) is 17.7 Å². The average Bonchev–Trinajstić information content (AvgIpc) is 2.78. The van der Waals surface area contributed by atoms with E-state index in [1.54, 1.807) is 6.20 Å². The summed E-state index contributed by atoms with van der Waals surface area (Å²) in [7, 11) is 0. The monoisotopic (exact) mass is 452 g/mol. The first-order valence-corrected chi connectivity index (χ1v) is 11.1. The van der Waals surface area contributed by atoms with E-state index < -0.39 is 11.6 Å². The second kappa shape index (κ2) is 10.1. The fraction of sp³-hybridized carbons (Fsp3) is 0.545. The van der Waals surface area contributed by atoms with Gasteiger partial charge in [-0.15, -0.1) is 0 Å². The molecule has 0 saturated carbocycles. The van der Waals surface area contributed by atoms with Crippen molar-refractivity contribution in [3.8, 4) is 0 Å². The number of anilines is 1. The topological polar surface area (TPSA) is 59.4 Å². The number of halogens is 3. The molecule has 2 fully saturated rings. The molecule has 2 aliphatic heterocycles. The summed E-state index contributed by atoms with van der Waals surface area (Å²) in [6, 6.07) is 3.60. The molecule has 2 aromatic rings. The van der Waals surface area contributed by atoms with Crippen molar-refractivity contribution in [1.29, 1.82) is 0 Å². The summed E-state index contributed by atoms with van der Waals surface area (Å²) < 4.78 is 34.0. The summed E-state index contributed by atoms with van der Waals surface area (Å²) in [5.74, 6) is -0.704. The number of hydrogen-bond acceptors (Lipinski definition) is 5. The number of nitrogens with one attached hydrogen (secondary N) is 1. The van der Waals surface area contributed by atoms with Gasteiger partial charge in [-0.2, -0.15) is 5.10 Å². The van der Waals surface area contributed by atoms with Gasteiger partial charge in [0.1, 0.15) is 16.7 Å². The molecule has 1 N–H and O–H groups in total. The van der Waals surface area contributed by atoms with Crippen LogP contribution < -0.4 is 10.9 Å². The van der Waals surface area contributed by atoms with E-state index >= 15 is 0 Å². The molecular weight excluding hydrogens is 426 g/mol. The first kappa shape index (κ1) is 22.2. The number of aromatic nitrogens is 2. The lowest BCUT2D eigenvalue weighted by Gasteiger charge is -2.32. The Bertz CT molecular complexity index is 957. The summed E-state index contributed by atoms with van der Waals surface area (Å²) in [4.78, 5) is 14.9. The number of benzene rings is 1. The smallest absolute Gasteiger partial charge is 0.287 e. The van der Waals surface area contributed by atoms with Gasteiger partial charge in [-0.3, -0.25) is 9.69 Å². The molecule has 1 unspecified atom stereocenters. The van der Waals surface area contributed by atoms with E-state index in [9.17, 15) is 13.6 Å². The number of ether oxygens (including phenoxy) is 1. The van der Waals surface area contributed by atoms with Crippen LogP contribution in [-0.4, -0.2) is 47.5 Å². The second-order valence-corrected chi connectivity index (χ2v) is 8.71. The first-order chi connectivity index (χ1) is 15.0. The van der Waals surface area contributed by atoms with Crippen LogP contribution in [0.5, 0.6) is 0 Å². The van der Waals surface area contributed by atoms with E-state index in [2.05, 4.69) is 15.3 Å². The minimum atomic E-state index is -0.577. The van der Waals surface area contributed by atoms with Crippen LogP contribution in [0.3, 0.4) is 0 Å². The van der Waals surface area contributed by atoms with Crippen molar-refractivity contribution in [3.63, 3.8) is 0 Å². The van der Waals surface area contributed by atoms with Crippen LogP contribution in [0, 0.1) is 17.6 Å². The molecule has 168 valence electrons. The van der Waals surface area contributed by atoms with Gasteiger partial charge < -0.3 is 10.1 Å². The Labute approximate surface area is 185 Å². The van der Waals surface area contributed by atoms with E-state index in [1.165, 1.54) is 16.8 Å². The average molecular weight is 453 g/mol. The van der Waals surface area contributed by atoms with Gasteiger partial charge in [0.15, 0.2) is 0 Å². The third-order valence-electron chi connectivity index (χ3n) is 6.09. The van der Waals surface area contributed by atoms with Gasteiger partial charge in [0, 0.05) is 44.4 Å². The Hall–Kier alpha value is -2.03. The summed E-state index contributed by atoms with van der Waals surface area (Å²) in [5, 5.41) is 7.76. The van der Waals surface area contributed by atoms with Crippen LogP contribution in [0.25, 0.3) is 0 Å². The highest BCUT2D eigenvalue weighted by molar-refractivity contribution is 6.32. The number of piperidine rings is 1. The molecule has 1 atom stereocenters. The molecule has 1 aromatic carbocycles. The zero-order valence-corrected chi connectivity index (χ0v) is 18.1. The number of likely N-dealkylation sites (tertiary alicyclic amines) is 1. The van der Waals surface area contributed by atoms with Gasteiger partial charge in [-0.25, -0.2) is 13.5 Å². The molecule has 0 spiro atoms. The molecule has 4 rings (SSSR count). The van der Waals surface area contributed by atoms with Crippen LogP contribution >= 0.6 is 11.6 Å². The third kappa shape index (κ3) is 5.42. The van der Waals surface area contributed by atoms with Crippen LogP contribution in [0.1, 0.15) is 37.3 Å². The zero-order valence-electron chi connectivity index (χ0n) is 17.3. The van der Waals surface area contributed by atoms with Crippen LogP contribution in [-0.2, 0) is 11.3 Å². The van der Waals surface area contributed by atoms with Crippen molar-refractivity contribution < 1.29 is 13.5 Å². The third-order valence-corrected chi connectivity index (χ3v) is 6.46. The van der Waals surface area contributed by atoms with Gasteiger partial charge in [-0.05, 0) is 37.7 Å². The molecule has 2 saturated heterocycles. The standard InChI is InChI=1S/C22H27ClF2N4O2/c23-21-20(26-11-15-2-1-9-31-14-15)12-27-29(22(21)30)18-5-7-28(8-6-18)13-16-3-4-17(24)10-19(16)25/h3-4,10,12,15,18,26H,1-2,5-9,11,13-14H2. The van der Waals surface area contributed by atoms with Crippen molar-refractivity contribution >= 4 is 17.3 Å². The highest BCUT2D eigenvalue weighted by Crippen LogP contribution is 2.25. The van der Waals surface area contributed by atoms with E-state index in [4.69, 9.17) is 16.3 Å². The quantitative estimate of drug-likeness (QED) is 0.721. The van der Waals surface area contributed by atoms with Crippen molar-refractivity contribution in [1.82, 2.24) is 14.7 Å². The molecule has 0 amide bonds. The van der Waals surface area contributed by atoms with E-state index in [1.807, 2.05) is 0 Å². The van der Waals surface area contributed by atoms with Gasteiger partial charge >= 0.3 is 0 Å². The molecule has 2 aliphatic rings. The maximum atomic E-state index is 13.9. The number of rotatable bonds is 6. The largest absolute Gasteiger partial charge is 0.382 e. The Morgan fingerprint density at radius 1 is 1.23 bits per heavy atom. The maximum Gasteiger partial charge on any atom is 0.287 e. The number of nitrogens with zero attached hydrogens (tertiary/aromatic N) is 3. The summed E-state index contributed by atoms with van der Waals surface area (Å²) in [5.41, 5.74) is 0.726. The molecule has 3 heterocycles. The second-order valence-electron chi connectivity index (χ2n) is 8.33. The molecule has 0 bridgehead atoms. The lowest BCUT2D eigenvalue weighted by molar-refractivity contribution is 0.0595. The summed E-state index contributed by atoms with van der Waals surface area (Å²) in [6.07, 6.45) is 5.17. The lowest BCUT2D eigenvalue weighted by atomic mass is 10.0. The fourth-order valence-corrected chi connectivity index (χ4v) is 4.47. The first-order valence-electron chi connectivity index (χ1n) is 10.8. The Morgan fingerprint density at radius 3 is 2.74 bits per heavy atom. The van der Waals surface area contributed by atoms with Crippen molar-refractivity contribution in [2.24, 2.45) is 5.92 Å². The van der Waals surface area contributed by atoms with Crippen LogP contribution in [0.4, 0.5) is 14.5 Å². The highest BCUT2D eigenvalue weighted by atomic mass is 35.5. The molecule has 6 nitrogen and oxygen atoms in total. The van der Waals surface area contributed by atoms with Crippen molar-refractivity contribution in [3.05, 3.63) is 57.0 Å². The summed E-state index contributed by atoms with van der Waals surface area (Å²) in [6.45, 7) is 4.02. The lowest BCUT2D eigenvalue weighted by Crippen LogP contribution is -2.38. The zero-order chi connectivity index (χ0) is 21.8. The van der Waals surface area contributed by atoms with Gasteiger partial charge in [0.25, 0.3) is 5.56 Å². The molecule has 0 aliphatic carbocycles. The van der Waals surface area contributed by atoms with Crippen molar-refractivity contribution in [2.45, 2.75) is 38.3 Å². The molecule has 31 heavy (non-hydrogen) atoms. The minimum absolute atomic E-state index is 0.0555. The minimum Gasteiger partial charge on any atom is -0.382 e. The highest BCUT2D eigenvalue weighted by Gasteiger charge is 2.24. The van der Waals surface area contributed by atoms with E-state index in [0.717, 1.165) is 32.1 Å². The molecule has 1 aromatic heterocycles. The van der Waals surface area contributed by atoms with E-state index in [0.29, 0.717) is 56.2 Å². The maximum absolute atomic E-state index is 13.9. The predicted octanol–water partition coefficient (Wildman–Crippen LogP) is 3.85.